The number of fused-ring (bicyclic) bond motifs is 1. The van der Waals surface area contributed by atoms with Crippen LogP contribution in [0.2, 0.25) is 0 Å². The normalized spacial score (nSPS) is 10.6. The second kappa shape index (κ2) is 4.02. The molecule has 2 rings (SSSR count). The number of hydrogen-bond donors (Lipinski definition) is 2. The second-order valence-corrected chi connectivity index (χ2v) is 4.22. The summed E-state index contributed by atoms with van der Waals surface area (Å²) in [5, 5.41) is 0.870. The number of aromatic nitrogens is 1. The predicted octanol–water partition coefficient (Wildman–Crippen LogP) is 1.64. The SMILES string of the molecule is CSc1ccc2nc(N)c(C(N)=O)cc2c1. The highest BCUT2D eigenvalue weighted by Crippen LogP contribution is 2.23. The molecular weight excluding hydrogens is 222 g/mol. The Hall–Kier alpha value is -1.75. The zero-order valence-electron chi connectivity index (χ0n) is 8.73. The maximum Gasteiger partial charge on any atom is 0.252 e. The van der Waals surface area contributed by atoms with E-state index in [1.54, 1.807) is 17.8 Å². The minimum absolute atomic E-state index is 0.178. The van der Waals surface area contributed by atoms with E-state index in [-0.39, 0.29) is 11.4 Å². The number of nitrogens with zero attached hydrogens (tertiary/aromatic N) is 1. The summed E-state index contributed by atoms with van der Waals surface area (Å²) in [5.41, 5.74) is 11.9. The molecule has 16 heavy (non-hydrogen) atoms. The first-order valence-electron chi connectivity index (χ1n) is 4.66. The highest BCUT2D eigenvalue weighted by molar-refractivity contribution is 7.98. The molecule has 2 aromatic rings. The summed E-state index contributed by atoms with van der Waals surface area (Å²) >= 11 is 1.63. The van der Waals surface area contributed by atoms with Crippen LogP contribution in [0, 0.1) is 0 Å². The molecular formula is C11H11N3OS. The molecule has 0 unspecified atom stereocenters. The third-order valence-corrected chi connectivity index (χ3v) is 3.04. The average molecular weight is 233 g/mol. The minimum Gasteiger partial charge on any atom is -0.383 e. The van der Waals surface area contributed by atoms with E-state index in [0.717, 1.165) is 15.8 Å². The summed E-state index contributed by atoms with van der Waals surface area (Å²) in [6, 6.07) is 7.48. The Bertz CT molecular complexity index is 568. The summed E-state index contributed by atoms with van der Waals surface area (Å²) in [5.74, 6) is -0.377. The van der Waals surface area contributed by atoms with Gasteiger partial charge >= 0.3 is 0 Å². The third-order valence-electron chi connectivity index (χ3n) is 2.32. The van der Waals surface area contributed by atoms with E-state index in [4.69, 9.17) is 11.5 Å². The fourth-order valence-electron chi connectivity index (χ4n) is 1.49. The van der Waals surface area contributed by atoms with Crippen molar-refractivity contribution in [2.75, 3.05) is 12.0 Å². The molecule has 1 heterocycles. The number of nitrogens with two attached hydrogens (primary N) is 2. The number of nitrogen functional groups attached to an aromatic ring is 1. The number of pyridine rings is 1. The van der Waals surface area contributed by atoms with Crippen molar-refractivity contribution in [2.45, 2.75) is 4.90 Å². The molecule has 0 radical (unpaired) electrons. The van der Waals surface area contributed by atoms with Crippen LogP contribution in [0.4, 0.5) is 5.82 Å². The number of thioether (sulfide) groups is 1. The van der Waals surface area contributed by atoms with Crippen molar-refractivity contribution in [2.24, 2.45) is 5.73 Å². The summed E-state index contributed by atoms with van der Waals surface area (Å²) < 4.78 is 0. The Kier molecular flexibility index (Phi) is 2.70. The van der Waals surface area contributed by atoms with Crippen LogP contribution < -0.4 is 11.5 Å². The fraction of sp³-hybridized carbons (Fsp3) is 0.0909. The molecule has 1 amide bonds. The zero-order chi connectivity index (χ0) is 11.7. The van der Waals surface area contributed by atoms with Gasteiger partial charge in [-0.15, -0.1) is 11.8 Å². The van der Waals surface area contributed by atoms with Crippen LogP contribution in [-0.4, -0.2) is 17.1 Å². The van der Waals surface area contributed by atoms with Crippen LogP contribution in [0.3, 0.4) is 0 Å². The molecule has 0 saturated heterocycles. The van der Waals surface area contributed by atoms with Crippen molar-refractivity contribution in [1.29, 1.82) is 0 Å². The van der Waals surface area contributed by atoms with Crippen molar-refractivity contribution in [3.05, 3.63) is 29.8 Å². The van der Waals surface area contributed by atoms with Gasteiger partial charge in [0, 0.05) is 10.3 Å². The Morgan fingerprint density at radius 2 is 2.12 bits per heavy atom. The number of primary amides is 1. The lowest BCUT2D eigenvalue weighted by molar-refractivity contribution is 0.100. The number of benzene rings is 1. The molecule has 1 aromatic carbocycles. The van der Waals surface area contributed by atoms with E-state index in [0.29, 0.717) is 0 Å². The van der Waals surface area contributed by atoms with Gasteiger partial charge < -0.3 is 11.5 Å². The van der Waals surface area contributed by atoms with Gasteiger partial charge in [0.1, 0.15) is 5.82 Å². The van der Waals surface area contributed by atoms with Gasteiger partial charge in [-0.1, -0.05) is 0 Å². The number of rotatable bonds is 2. The molecule has 0 saturated carbocycles. The van der Waals surface area contributed by atoms with Gasteiger partial charge in [0.05, 0.1) is 11.1 Å². The van der Waals surface area contributed by atoms with Gasteiger partial charge in [-0.05, 0) is 30.5 Å². The lowest BCUT2D eigenvalue weighted by Crippen LogP contribution is -2.14. The van der Waals surface area contributed by atoms with Gasteiger partial charge in [0.15, 0.2) is 0 Å². The number of hydrogen-bond acceptors (Lipinski definition) is 4. The molecule has 1 aromatic heterocycles. The maximum absolute atomic E-state index is 11.1. The van der Waals surface area contributed by atoms with Crippen molar-refractivity contribution < 1.29 is 4.79 Å². The first kappa shape index (κ1) is 10.8. The molecule has 82 valence electrons. The highest BCUT2D eigenvalue weighted by Gasteiger charge is 2.09. The van der Waals surface area contributed by atoms with Crippen LogP contribution >= 0.6 is 11.8 Å². The highest BCUT2D eigenvalue weighted by atomic mass is 32.2. The van der Waals surface area contributed by atoms with Crippen molar-refractivity contribution >= 4 is 34.4 Å². The van der Waals surface area contributed by atoms with Gasteiger partial charge in [-0.3, -0.25) is 4.79 Å². The van der Waals surface area contributed by atoms with Gasteiger partial charge in [0.2, 0.25) is 0 Å². The third kappa shape index (κ3) is 1.81. The summed E-state index contributed by atoms with van der Waals surface area (Å²) in [6.45, 7) is 0. The molecule has 0 fully saturated rings. The first-order valence-corrected chi connectivity index (χ1v) is 5.88. The van der Waals surface area contributed by atoms with Crippen molar-refractivity contribution in [3.63, 3.8) is 0 Å². The Labute approximate surface area is 97.0 Å². The largest absolute Gasteiger partial charge is 0.383 e. The number of carbonyl (C=O) groups excluding carboxylic acids is 1. The van der Waals surface area contributed by atoms with Crippen LogP contribution in [0.25, 0.3) is 10.9 Å². The molecule has 4 nitrogen and oxygen atoms in total. The van der Waals surface area contributed by atoms with Gasteiger partial charge in [-0.2, -0.15) is 0 Å². The van der Waals surface area contributed by atoms with E-state index in [2.05, 4.69) is 4.98 Å². The molecule has 0 aliphatic rings. The monoisotopic (exact) mass is 233 g/mol. The summed E-state index contributed by atoms with van der Waals surface area (Å²) in [7, 11) is 0. The van der Waals surface area contributed by atoms with Crippen molar-refractivity contribution in [1.82, 2.24) is 4.98 Å². The first-order chi connectivity index (χ1) is 7.61. The summed E-state index contributed by atoms with van der Waals surface area (Å²) in [6.07, 6.45) is 1.99. The fourth-order valence-corrected chi connectivity index (χ4v) is 1.94. The predicted molar refractivity (Wildman–Crippen MR) is 66.5 cm³/mol. The Balaban J connectivity index is 2.70. The van der Waals surface area contributed by atoms with Crippen LogP contribution in [-0.2, 0) is 0 Å². The minimum atomic E-state index is -0.554. The molecule has 0 aliphatic heterocycles. The number of anilines is 1. The van der Waals surface area contributed by atoms with Crippen LogP contribution in [0.15, 0.2) is 29.2 Å². The molecule has 0 aliphatic carbocycles. The quantitative estimate of drug-likeness (QED) is 0.772. The standard InChI is InChI=1S/C11H11N3OS/c1-16-7-2-3-9-6(4-7)5-8(11(13)15)10(12)14-9/h2-5H,1H3,(H2,12,14)(H2,13,15). The number of carbonyl (C=O) groups is 1. The van der Waals surface area contributed by atoms with Gasteiger partial charge in [-0.25, -0.2) is 4.98 Å². The van der Waals surface area contributed by atoms with Crippen LogP contribution in [0.1, 0.15) is 10.4 Å². The smallest absolute Gasteiger partial charge is 0.252 e. The average Bonchev–Trinajstić information content (AvgIpc) is 2.27. The molecule has 0 bridgehead atoms. The van der Waals surface area contributed by atoms with E-state index in [1.165, 1.54) is 0 Å². The molecule has 0 spiro atoms. The maximum atomic E-state index is 11.1. The molecule has 4 N–H and O–H groups in total. The zero-order valence-corrected chi connectivity index (χ0v) is 9.54. The van der Waals surface area contributed by atoms with E-state index < -0.39 is 5.91 Å². The van der Waals surface area contributed by atoms with Crippen LogP contribution in [0.5, 0.6) is 0 Å². The van der Waals surface area contributed by atoms with E-state index in [9.17, 15) is 4.79 Å². The topological polar surface area (TPSA) is 82.0 Å². The molecule has 5 heteroatoms. The molecule has 0 atom stereocenters. The van der Waals surface area contributed by atoms with Gasteiger partial charge in [0.25, 0.3) is 5.91 Å². The summed E-state index contributed by atoms with van der Waals surface area (Å²) in [4.78, 5) is 16.4. The van der Waals surface area contributed by atoms with Crippen molar-refractivity contribution in [3.8, 4) is 0 Å². The Morgan fingerprint density at radius 3 is 2.75 bits per heavy atom. The lowest BCUT2D eigenvalue weighted by atomic mass is 10.1. The Morgan fingerprint density at radius 1 is 1.38 bits per heavy atom. The second-order valence-electron chi connectivity index (χ2n) is 3.34. The lowest BCUT2D eigenvalue weighted by Gasteiger charge is -2.05. The van der Waals surface area contributed by atoms with E-state index >= 15 is 0 Å². The van der Waals surface area contributed by atoms with E-state index in [1.807, 2.05) is 24.5 Å². The number of amides is 1.